The van der Waals surface area contributed by atoms with Crippen LogP contribution in [-0.2, 0) is 11.2 Å². The Bertz CT molecular complexity index is 1550. The summed E-state index contributed by atoms with van der Waals surface area (Å²) in [5.74, 6) is 0.298. The molecule has 1 atom stereocenters. The molecule has 0 bridgehead atoms. The molecule has 1 N–H and O–H groups in total. The van der Waals surface area contributed by atoms with E-state index < -0.39 is 6.17 Å². The Morgan fingerprint density at radius 2 is 1.79 bits per heavy atom. The van der Waals surface area contributed by atoms with Crippen molar-refractivity contribution in [2.24, 2.45) is 4.99 Å². The molecular formula is C26H19N5O2S. The first kappa shape index (κ1) is 20.4. The lowest BCUT2D eigenvalue weighted by Crippen LogP contribution is -2.29. The van der Waals surface area contributed by atoms with Crippen LogP contribution in [0.2, 0.25) is 0 Å². The van der Waals surface area contributed by atoms with Crippen LogP contribution in [0.1, 0.15) is 21.7 Å². The van der Waals surface area contributed by atoms with Crippen LogP contribution < -0.4 is 5.32 Å². The molecule has 166 valence electrons. The van der Waals surface area contributed by atoms with E-state index in [9.17, 15) is 4.79 Å². The van der Waals surface area contributed by atoms with Gasteiger partial charge < -0.3 is 9.73 Å². The molecule has 0 amide bonds. The number of hydrogen-bond acceptors (Lipinski definition) is 8. The largest absolute Gasteiger partial charge is 0.403 e. The van der Waals surface area contributed by atoms with Gasteiger partial charge in [-0.05, 0) is 30.7 Å². The molecule has 0 saturated heterocycles. The third-order valence-corrected chi connectivity index (χ3v) is 6.61. The summed E-state index contributed by atoms with van der Waals surface area (Å²) < 4.78 is 6.92. The number of thiazole rings is 1. The Hall–Kier alpha value is -4.17. The number of nitrogens with one attached hydrogen (secondary N) is 1. The normalized spacial score (nSPS) is 15.6. The minimum atomic E-state index is -0.845. The molecule has 0 fully saturated rings. The highest BCUT2D eigenvalue weighted by Gasteiger charge is 2.27. The second-order valence-corrected chi connectivity index (χ2v) is 9.25. The molecule has 34 heavy (non-hydrogen) atoms. The van der Waals surface area contributed by atoms with Crippen molar-refractivity contribution in [1.82, 2.24) is 15.2 Å². The average Bonchev–Trinajstić information content (AvgIpc) is 3.44. The fourth-order valence-electron chi connectivity index (χ4n) is 4.09. The van der Waals surface area contributed by atoms with Crippen LogP contribution >= 0.6 is 11.3 Å². The van der Waals surface area contributed by atoms with Crippen molar-refractivity contribution >= 4 is 39.1 Å². The molecule has 3 heterocycles. The molecule has 5 aromatic rings. The number of fused-ring (bicyclic) bond motifs is 2. The number of hydrogen-bond donors (Lipinski definition) is 1. The Balaban J connectivity index is 1.34. The predicted octanol–water partition coefficient (Wildman–Crippen LogP) is 5.06. The molecule has 0 saturated carbocycles. The first-order chi connectivity index (χ1) is 16.6. The molecule has 1 aliphatic rings. The lowest BCUT2D eigenvalue weighted by Gasteiger charge is -2.11. The van der Waals surface area contributed by atoms with E-state index in [4.69, 9.17) is 9.41 Å². The number of ketones is 1. The fourth-order valence-corrected chi connectivity index (χ4v) is 4.95. The first-order valence-electron chi connectivity index (χ1n) is 10.9. The summed E-state index contributed by atoms with van der Waals surface area (Å²) in [4.78, 5) is 22.4. The third-order valence-electron chi connectivity index (χ3n) is 5.68. The van der Waals surface area contributed by atoms with Crippen molar-refractivity contribution in [1.29, 1.82) is 0 Å². The Labute approximate surface area is 199 Å². The minimum absolute atomic E-state index is 0.0697. The van der Waals surface area contributed by atoms with E-state index in [0.29, 0.717) is 5.89 Å². The summed E-state index contributed by atoms with van der Waals surface area (Å²) in [5.41, 5.74) is 5.32. The number of benzene rings is 3. The van der Waals surface area contributed by atoms with Gasteiger partial charge in [-0.15, -0.1) is 16.4 Å². The van der Waals surface area contributed by atoms with Gasteiger partial charge in [-0.25, -0.2) is 4.98 Å². The van der Waals surface area contributed by atoms with Crippen LogP contribution in [0, 0.1) is 6.92 Å². The van der Waals surface area contributed by atoms with Gasteiger partial charge in [0.2, 0.25) is 5.89 Å². The van der Waals surface area contributed by atoms with Crippen molar-refractivity contribution in [2.75, 3.05) is 5.32 Å². The maximum absolute atomic E-state index is 13.1. The average molecular weight is 466 g/mol. The first-order valence-corrected chi connectivity index (χ1v) is 11.7. The highest BCUT2D eigenvalue weighted by atomic mass is 32.1. The Morgan fingerprint density at radius 1 is 0.971 bits per heavy atom. The van der Waals surface area contributed by atoms with E-state index in [1.165, 1.54) is 0 Å². The van der Waals surface area contributed by atoms with E-state index in [-0.39, 0.29) is 18.2 Å². The molecule has 6 rings (SSSR count). The number of carbonyl (C=O) groups excluding carboxylic acids is 1. The van der Waals surface area contributed by atoms with Crippen molar-refractivity contribution in [3.8, 4) is 11.5 Å². The van der Waals surface area contributed by atoms with Crippen molar-refractivity contribution < 1.29 is 9.21 Å². The SMILES string of the molecule is Cc1nc2ccc(-c3nnc(NC4N=C(c5ccccc5)c5ccccc5CC4=O)o3)cc2s1. The lowest BCUT2D eigenvalue weighted by molar-refractivity contribution is -0.119. The van der Waals surface area contributed by atoms with Crippen molar-refractivity contribution in [3.63, 3.8) is 0 Å². The van der Waals surface area contributed by atoms with Crippen LogP contribution in [0.5, 0.6) is 0 Å². The van der Waals surface area contributed by atoms with Gasteiger partial charge in [0, 0.05) is 23.1 Å². The van der Waals surface area contributed by atoms with Crippen molar-refractivity contribution in [3.05, 3.63) is 94.5 Å². The fraction of sp³-hybridized carbons (Fsp3) is 0.115. The number of Topliss-reactive ketones (excluding diaryl/α,β-unsaturated/α-hetero) is 1. The molecule has 8 heteroatoms. The van der Waals surface area contributed by atoms with Gasteiger partial charge in [0.25, 0.3) is 0 Å². The molecule has 1 aliphatic heterocycles. The van der Waals surface area contributed by atoms with Gasteiger partial charge in [0.05, 0.1) is 20.9 Å². The Kier molecular flexibility index (Phi) is 5.00. The number of aromatic nitrogens is 3. The maximum atomic E-state index is 13.1. The zero-order valence-electron chi connectivity index (χ0n) is 18.2. The van der Waals surface area contributed by atoms with E-state index in [0.717, 1.165) is 43.2 Å². The summed E-state index contributed by atoms with van der Waals surface area (Å²) in [6, 6.07) is 23.7. The second-order valence-electron chi connectivity index (χ2n) is 8.02. The monoisotopic (exact) mass is 465 g/mol. The molecule has 1 unspecified atom stereocenters. The van der Waals surface area contributed by atoms with E-state index in [2.05, 4.69) is 20.5 Å². The molecule has 0 radical (unpaired) electrons. The second kappa shape index (κ2) is 8.31. The van der Waals surface area contributed by atoms with Gasteiger partial charge >= 0.3 is 6.01 Å². The Morgan fingerprint density at radius 3 is 2.68 bits per heavy atom. The number of rotatable bonds is 4. The molecule has 0 aliphatic carbocycles. The van der Waals surface area contributed by atoms with Crippen LogP contribution in [0.3, 0.4) is 0 Å². The molecule has 3 aromatic carbocycles. The zero-order chi connectivity index (χ0) is 23.1. The highest BCUT2D eigenvalue weighted by Crippen LogP contribution is 2.29. The van der Waals surface area contributed by atoms with Crippen molar-refractivity contribution in [2.45, 2.75) is 19.5 Å². The molecular weight excluding hydrogens is 446 g/mol. The topological polar surface area (TPSA) is 93.3 Å². The summed E-state index contributed by atoms with van der Waals surface area (Å²) >= 11 is 1.61. The summed E-state index contributed by atoms with van der Waals surface area (Å²) in [6.07, 6.45) is -0.585. The summed E-state index contributed by atoms with van der Waals surface area (Å²) in [6.45, 7) is 1.98. The number of carbonyl (C=O) groups is 1. The van der Waals surface area contributed by atoms with Gasteiger partial charge in [-0.2, -0.15) is 0 Å². The number of anilines is 1. The molecule has 2 aromatic heterocycles. The van der Waals surface area contributed by atoms with Crippen LogP contribution in [0.25, 0.3) is 21.7 Å². The summed E-state index contributed by atoms with van der Waals surface area (Å²) in [7, 11) is 0. The van der Waals surface area contributed by atoms with E-state index in [1.54, 1.807) is 11.3 Å². The number of aliphatic imine (C=N–C) groups is 1. The number of aryl methyl sites for hydroxylation is 1. The molecule has 7 nitrogen and oxygen atoms in total. The third kappa shape index (κ3) is 3.78. The van der Waals surface area contributed by atoms with Crippen LogP contribution in [0.15, 0.2) is 82.2 Å². The van der Waals surface area contributed by atoms with E-state index >= 15 is 0 Å². The smallest absolute Gasteiger partial charge is 0.317 e. The lowest BCUT2D eigenvalue weighted by atomic mass is 9.96. The van der Waals surface area contributed by atoms with Gasteiger partial charge in [0.15, 0.2) is 11.9 Å². The van der Waals surface area contributed by atoms with Gasteiger partial charge in [0.1, 0.15) is 0 Å². The van der Waals surface area contributed by atoms with E-state index in [1.807, 2.05) is 79.7 Å². The predicted molar refractivity (Wildman–Crippen MR) is 132 cm³/mol. The quantitative estimate of drug-likeness (QED) is 0.399. The van der Waals surface area contributed by atoms with Gasteiger partial charge in [-0.1, -0.05) is 59.7 Å². The van der Waals surface area contributed by atoms with Crippen LogP contribution in [-0.4, -0.2) is 32.8 Å². The summed E-state index contributed by atoms with van der Waals surface area (Å²) in [5, 5.41) is 12.3. The van der Waals surface area contributed by atoms with Crippen LogP contribution in [0.4, 0.5) is 6.01 Å². The number of nitrogens with zero attached hydrogens (tertiary/aromatic N) is 4. The highest BCUT2D eigenvalue weighted by molar-refractivity contribution is 7.18. The van der Waals surface area contributed by atoms with Gasteiger partial charge in [-0.3, -0.25) is 9.79 Å². The minimum Gasteiger partial charge on any atom is -0.403 e. The molecule has 0 spiro atoms. The maximum Gasteiger partial charge on any atom is 0.317 e. The standard InChI is InChI=1S/C26H19N5O2S/c1-15-27-20-12-11-18(14-22(20)34-15)25-30-31-26(33-25)29-24-21(32)13-17-9-5-6-10-19(17)23(28-24)16-7-3-2-4-8-16/h2-12,14,24H,13H2,1H3,(H,29,31). The zero-order valence-corrected chi connectivity index (χ0v) is 19.0.